The molecular formula is C79H72N4. The number of nitrogens with zero attached hydrogens (tertiary/aromatic N) is 4. The van der Waals surface area contributed by atoms with Crippen molar-refractivity contribution in [2.75, 3.05) is 19.6 Å². The maximum absolute atomic E-state index is 2.69. The number of para-hydroxylation sites is 5. The summed E-state index contributed by atoms with van der Waals surface area (Å²) in [4.78, 5) is 10.4. The van der Waals surface area contributed by atoms with E-state index in [1.165, 1.54) is 140 Å². The van der Waals surface area contributed by atoms with Gasteiger partial charge in [-0.25, -0.2) is 0 Å². The summed E-state index contributed by atoms with van der Waals surface area (Å²) >= 11 is 0. The van der Waals surface area contributed by atoms with Crippen LogP contribution in [0.4, 0.5) is 62.6 Å². The third kappa shape index (κ3) is 7.57. The van der Waals surface area contributed by atoms with Gasteiger partial charge in [0.05, 0.1) is 51.2 Å². The maximum Gasteiger partial charge on any atom is 0.0542 e. The van der Waals surface area contributed by atoms with Gasteiger partial charge in [-0.2, -0.15) is 0 Å². The molecule has 1 unspecified atom stereocenters. The average Bonchev–Trinajstić information content (AvgIpc) is 1.80. The second-order valence-corrected chi connectivity index (χ2v) is 27.1. The van der Waals surface area contributed by atoms with Gasteiger partial charge in [0.25, 0.3) is 0 Å². The molecule has 15 rings (SSSR count). The van der Waals surface area contributed by atoms with Crippen molar-refractivity contribution in [1.29, 1.82) is 0 Å². The van der Waals surface area contributed by atoms with Crippen LogP contribution in [0.1, 0.15) is 136 Å². The lowest BCUT2D eigenvalue weighted by atomic mass is 9.69. The van der Waals surface area contributed by atoms with Gasteiger partial charge in [0.1, 0.15) is 0 Å². The van der Waals surface area contributed by atoms with Crippen molar-refractivity contribution in [3.8, 4) is 11.1 Å². The van der Waals surface area contributed by atoms with Gasteiger partial charge in [-0.1, -0.05) is 197 Å². The molecule has 0 spiro atoms. The van der Waals surface area contributed by atoms with Crippen LogP contribution in [0.5, 0.6) is 0 Å². The number of hydrogen-bond donors (Lipinski definition) is 0. The molecule has 4 heterocycles. The van der Waals surface area contributed by atoms with Gasteiger partial charge in [0, 0.05) is 50.5 Å². The van der Waals surface area contributed by atoms with Crippen molar-refractivity contribution in [2.45, 2.75) is 110 Å². The minimum absolute atomic E-state index is 0.0189. The summed E-state index contributed by atoms with van der Waals surface area (Å²) in [6, 6.07) is 83.5. The molecule has 0 saturated heterocycles. The standard InChI is InChI=1S/C79H72N4/c1-49-43-70-73-71(44-49)83(64-41-39-52(77(5,6)7)45-57(64)50-35-37-51(38-36-50)76(2,3)4)68-48-69-63(78(8,9)61-31-21-23-33-65(61)81(69)54-27-17-13-18-28-54)47-59(68)72(73)60-46-58-56(75(60)82(70)55-29-19-14-20-30-55)40-42-67-74(58)79(10,11)62-32-22-24-34-66(62)80(67)53-25-15-12-16-26-53/h12-45,47-48,72H,46H2,1-11H3. The molecule has 408 valence electrons. The molecule has 5 aliphatic rings. The number of benzene rings is 10. The van der Waals surface area contributed by atoms with Crippen LogP contribution in [0.15, 0.2) is 224 Å². The number of aryl methyl sites for hydroxylation is 1. The minimum Gasteiger partial charge on any atom is -0.310 e. The largest absolute Gasteiger partial charge is 0.310 e. The van der Waals surface area contributed by atoms with E-state index in [2.05, 4.69) is 314 Å². The zero-order valence-electron chi connectivity index (χ0n) is 49.9. The van der Waals surface area contributed by atoms with Crippen molar-refractivity contribution in [3.05, 3.63) is 285 Å². The highest BCUT2D eigenvalue weighted by atomic mass is 15.2. The highest BCUT2D eigenvalue weighted by Gasteiger charge is 2.50. The van der Waals surface area contributed by atoms with Crippen molar-refractivity contribution < 1.29 is 0 Å². The normalized spacial score (nSPS) is 16.7. The van der Waals surface area contributed by atoms with Crippen molar-refractivity contribution >= 4 is 68.3 Å². The first-order valence-electron chi connectivity index (χ1n) is 29.9. The molecule has 0 fully saturated rings. The maximum atomic E-state index is 2.69. The van der Waals surface area contributed by atoms with Gasteiger partial charge in [-0.15, -0.1) is 0 Å². The Balaban J connectivity index is 1.05. The molecule has 0 aromatic heterocycles. The molecular weight excluding hydrogens is 1000 g/mol. The van der Waals surface area contributed by atoms with Gasteiger partial charge in [-0.3, -0.25) is 0 Å². The molecule has 0 saturated carbocycles. The molecule has 4 heteroatoms. The lowest BCUT2D eigenvalue weighted by Crippen LogP contribution is -2.34. The Morgan fingerprint density at radius 2 is 0.892 bits per heavy atom. The number of hydrogen-bond acceptors (Lipinski definition) is 4. The quantitative estimate of drug-likeness (QED) is 0.170. The predicted molar refractivity (Wildman–Crippen MR) is 350 cm³/mol. The fraction of sp³-hybridized carbons (Fsp3) is 0.215. The minimum atomic E-state index is -0.334. The van der Waals surface area contributed by atoms with Crippen LogP contribution in [-0.4, -0.2) is 0 Å². The van der Waals surface area contributed by atoms with E-state index in [1.54, 1.807) is 0 Å². The van der Waals surface area contributed by atoms with Crippen molar-refractivity contribution in [2.24, 2.45) is 0 Å². The van der Waals surface area contributed by atoms with E-state index in [-0.39, 0.29) is 27.6 Å². The molecule has 10 aromatic carbocycles. The molecule has 1 atom stereocenters. The fourth-order valence-electron chi connectivity index (χ4n) is 15.1. The number of fused-ring (bicyclic) bond motifs is 10. The van der Waals surface area contributed by atoms with Gasteiger partial charge >= 0.3 is 0 Å². The van der Waals surface area contributed by atoms with E-state index in [4.69, 9.17) is 0 Å². The summed E-state index contributed by atoms with van der Waals surface area (Å²) in [7, 11) is 0. The van der Waals surface area contributed by atoms with E-state index >= 15 is 0 Å². The highest BCUT2D eigenvalue weighted by molar-refractivity contribution is 6.06. The zero-order chi connectivity index (χ0) is 57.1. The Bertz CT molecular complexity index is 4320. The lowest BCUT2D eigenvalue weighted by Gasteiger charge is -2.48. The first-order valence-corrected chi connectivity index (χ1v) is 29.9. The van der Waals surface area contributed by atoms with Gasteiger partial charge < -0.3 is 19.6 Å². The molecule has 1 aliphatic carbocycles. The fourth-order valence-corrected chi connectivity index (χ4v) is 15.1. The summed E-state index contributed by atoms with van der Waals surface area (Å²) in [5.74, 6) is -0.0686. The Morgan fingerprint density at radius 1 is 0.386 bits per heavy atom. The van der Waals surface area contributed by atoms with E-state index in [9.17, 15) is 0 Å². The summed E-state index contributed by atoms with van der Waals surface area (Å²) in [6.07, 6.45) is 0.813. The topological polar surface area (TPSA) is 13.0 Å². The smallest absolute Gasteiger partial charge is 0.0542 e. The van der Waals surface area contributed by atoms with E-state index < -0.39 is 0 Å². The van der Waals surface area contributed by atoms with E-state index in [0.717, 1.165) is 12.1 Å². The van der Waals surface area contributed by atoms with Crippen LogP contribution in [0.3, 0.4) is 0 Å². The molecule has 83 heavy (non-hydrogen) atoms. The second-order valence-electron chi connectivity index (χ2n) is 27.1. The lowest BCUT2D eigenvalue weighted by molar-refractivity contribution is 0.590. The molecule has 4 nitrogen and oxygen atoms in total. The summed E-state index contributed by atoms with van der Waals surface area (Å²) in [6.45, 7) is 26.1. The number of allylic oxidation sites excluding steroid dienone is 1. The van der Waals surface area contributed by atoms with Crippen LogP contribution in [0.25, 0.3) is 16.8 Å². The van der Waals surface area contributed by atoms with Crippen molar-refractivity contribution in [3.63, 3.8) is 0 Å². The van der Waals surface area contributed by atoms with E-state index in [0.29, 0.717) is 0 Å². The van der Waals surface area contributed by atoms with Crippen LogP contribution >= 0.6 is 0 Å². The molecule has 0 N–H and O–H groups in total. The first kappa shape index (κ1) is 51.1. The zero-order valence-corrected chi connectivity index (χ0v) is 49.9. The molecule has 4 aliphatic heterocycles. The monoisotopic (exact) mass is 1080 g/mol. The van der Waals surface area contributed by atoms with Gasteiger partial charge in [0.15, 0.2) is 0 Å². The third-order valence-electron chi connectivity index (χ3n) is 19.2. The summed E-state index contributed by atoms with van der Waals surface area (Å²) in [5.41, 5.74) is 32.5. The Morgan fingerprint density at radius 3 is 1.48 bits per heavy atom. The van der Waals surface area contributed by atoms with Gasteiger partial charge in [0.2, 0.25) is 0 Å². The first-order chi connectivity index (χ1) is 39.9. The number of anilines is 11. The second kappa shape index (κ2) is 18.1. The Labute approximate surface area is 491 Å². The third-order valence-corrected chi connectivity index (χ3v) is 19.2. The Kier molecular flexibility index (Phi) is 11.1. The molecule has 0 amide bonds. The molecule has 10 aromatic rings. The van der Waals surface area contributed by atoms with E-state index in [1.807, 2.05) is 0 Å². The summed E-state index contributed by atoms with van der Waals surface area (Å²) in [5, 5.41) is 0. The van der Waals surface area contributed by atoms with Crippen LogP contribution in [0, 0.1) is 6.92 Å². The van der Waals surface area contributed by atoms with Gasteiger partial charge in [-0.05, 0) is 176 Å². The van der Waals surface area contributed by atoms with Crippen LogP contribution < -0.4 is 19.6 Å². The number of rotatable bonds is 5. The van der Waals surface area contributed by atoms with Crippen LogP contribution in [0.2, 0.25) is 0 Å². The molecule has 0 radical (unpaired) electrons. The Hall–Kier alpha value is -8.86. The summed E-state index contributed by atoms with van der Waals surface area (Å²) < 4.78 is 0. The molecule has 0 bridgehead atoms. The highest BCUT2D eigenvalue weighted by Crippen LogP contribution is 2.67. The van der Waals surface area contributed by atoms with Crippen LogP contribution in [-0.2, 0) is 28.1 Å². The SMILES string of the molecule is Cc1cc2c3c(c1)N(c1ccc(C(C)(C)C)cc1-c1ccc(C(C)(C)C)cc1)c1cc4c(cc1C3C1=C(c3ccc5c(c3C1)C(C)(C)c1ccccc1N5c1ccccc1)N2c1ccccc1)C(C)(C)c1ccccc1N4c1ccccc1. The predicted octanol–water partition coefficient (Wildman–Crippen LogP) is 21.5. The van der Waals surface area contributed by atoms with Crippen molar-refractivity contribution in [1.82, 2.24) is 0 Å². The average molecular weight is 1080 g/mol.